The van der Waals surface area contributed by atoms with E-state index in [1.54, 1.807) is 0 Å². The van der Waals surface area contributed by atoms with Crippen LogP contribution in [0, 0.1) is 5.41 Å². The van der Waals surface area contributed by atoms with E-state index in [1.807, 2.05) is 0 Å². The van der Waals surface area contributed by atoms with Crippen molar-refractivity contribution in [1.29, 1.82) is 0 Å². The highest BCUT2D eigenvalue weighted by atomic mass is 16.5. The fourth-order valence-electron chi connectivity index (χ4n) is 2.65. The molecule has 0 radical (unpaired) electrons. The number of rotatable bonds is 1. The Bertz CT molecular complexity index is 444. The molecule has 0 aromatic carbocycles. The fraction of sp³-hybridized carbons (Fsp3) is 0.867. The van der Waals surface area contributed by atoms with E-state index in [4.69, 9.17) is 10.3 Å². The van der Waals surface area contributed by atoms with Crippen molar-refractivity contribution >= 4 is 0 Å². The first kappa shape index (κ1) is 14.5. The SMILES string of the molecule is CC1(C)CCCC(N)(c2noc(C(C)(C)C)n2)CC1. The molecular formula is C15H27N3O. The summed E-state index contributed by atoms with van der Waals surface area (Å²) in [6, 6.07) is 0. The van der Waals surface area contributed by atoms with E-state index < -0.39 is 5.54 Å². The monoisotopic (exact) mass is 265 g/mol. The lowest BCUT2D eigenvalue weighted by molar-refractivity contribution is 0.284. The van der Waals surface area contributed by atoms with Crippen molar-refractivity contribution in [2.45, 2.75) is 77.7 Å². The van der Waals surface area contributed by atoms with E-state index in [9.17, 15) is 0 Å². The number of nitrogens with zero attached hydrogens (tertiary/aromatic N) is 2. The van der Waals surface area contributed by atoms with Crippen molar-refractivity contribution in [3.8, 4) is 0 Å². The van der Waals surface area contributed by atoms with Crippen molar-refractivity contribution in [3.63, 3.8) is 0 Å². The molecule has 1 aromatic rings. The maximum atomic E-state index is 6.57. The summed E-state index contributed by atoms with van der Waals surface area (Å²) in [5, 5.41) is 4.16. The van der Waals surface area contributed by atoms with Crippen molar-refractivity contribution in [2.24, 2.45) is 11.1 Å². The zero-order valence-corrected chi connectivity index (χ0v) is 12.9. The first-order valence-corrected chi connectivity index (χ1v) is 7.26. The van der Waals surface area contributed by atoms with E-state index >= 15 is 0 Å². The van der Waals surface area contributed by atoms with Gasteiger partial charge in [-0.25, -0.2) is 0 Å². The summed E-state index contributed by atoms with van der Waals surface area (Å²) in [4.78, 5) is 4.56. The molecular weight excluding hydrogens is 238 g/mol. The lowest BCUT2D eigenvalue weighted by Crippen LogP contribution is -2.37. The predicted octanol–water partition coefficient (Wildman–Crippen LogP) is 3.51. The Morgan fingerprint density at radius 2 is 1.79 bits per heavy atom. The molecule has 0 amide bonds. The Morgan fingerprint density at radius 1 is 1.11 bits per heavy atom. The number of hydrogen-bond donors (Lipinski definition) is 1. The summed E-state index contributed by atoms with van der Waals surface area (Å²) in [5.74, 6) is 1.37. The van der Waals surface area contributed by atoms with Crippen LogP contribution >= 0.6 is 0 Å². The van der Waals surface area contributed by atoms with Crippen LogP contribution in [0.15, 0.2) is 4.52 Å². The molecule has 0 saturated heterocycles. The van der Waals surface area contributed by atoms with Crippen molar-refractivity contribution in [1.82, 2.24) is 10.1 Å². The van der Waals surface area contributed by atoms with Crippen LogP contribution in [-0.2, 0) is 11.0 Å². The van der Waals surface area contributed by atoms with Crippen LogP contribution in [0.3, 0.4) is 0 Å². The van der Waals surface area contributed by atoms with Gasteiger partial charge in [-0.1, -0.05) is 46.2 Å². The Morgan fingerprint density at radius 3 is 2.37 bits per heavy atom. The Labute approximate surface area is 116 Å². The van der Waals surface area contributed by atoms with E-state index in [0.717, 1.165) is 25.7 Å². The van der Waals surface area contributed by atoms with Gasteiger partial charge >= 0.3 is 0 Å². The Kier molecular flexibility index (Phi) is 3.50. The quantitative estimate of drug-likeness (QED) is 0.789. The average molecular weight is 265 g/mol. The van der Waals surface area contributed by atoms with Gasteiger partial charge in [-0.3, -0.25) is 0 Å². The highest BCUT2D eigenvalue weighted by Crippen LogP contribution is 2.40. The van der Waals surface area contributed by atoms with E-state index in [2.05, 4.69) is 44.8 Å². The van der Waals surface area contributed by atoms with Crippen LogP contribution in [-0.4, -0.2) is 10.1 Å². The number of nitrogens with two attached hydrogens (primary N) is 1. The molecule has 1 saturated carbocycles. The van der Waals surface area contributed by atoms with Crippen LogP contribution in [0.2, 0.25) is 0 Å². The fourth-order valence-corrected chi connectivity index (χ4v) is 2.65. The van der Waals surface area contributed by atoms with Crippen LogP contribution in [0.4, 0.5) is 0 Å². The zero-order chi connectivity index (χ0) is 14.3. The summed E-state index contributed by atoms with van der Waals surface area (Å²) in [6.45, 7) is 10.8. The highest BCUT2D eigenvalue weighted by molar-refractivity contribution is 5.08. The van der Waals surface area contributed by atoms with Gasteiger partial charge in [0.25, 0.3) is 0 Å². The molecule has 19 heavy (non-hydrogen) atoms. The molecule has 1 aliphatic carbocycles. The van der Waals surface area contributed by atoms with E-state index in [0.29, 0.717) is 17.1 Å². The minimum Gasteiger partial charge on any atom is -0.339 e. The first-order valence-electron chi connectivity index (χ1n) is 7.26. The molecule has 1 aliphatic rings. The Hall–Kier alpha value is -0.900. The molecule has 1 atom stereocenters. The van der Waals surface area contributed by atoms with Crippen molar-refractivity contribution in [2.75, 3.05) is 0 Å². The van der Waals surface area contributed by atoms with Gasteiger partial charge < -0.3 is 10.3 Å². The van der Waals surface area contributed by atoms with Gasteiger partial charge in [0.05, 0.1) is 5.54 Å². The van der Waals surface area contributed by atoms with Crippen molar-refractivity contribution < 1.29 is 4.52 Å². The second-order valence-corrected chi connectivity index (χ2v) is 7.85. The largest absolute Gasteiger partial charge is 0.339 e. The van der Waals surface area contributed by atoms with Crippen LogP contribution < -0.4 is 5.73 Å². The average Bonchev–Trinajstić information content (AvgIpc) is 2.71. The summed E-state index contributed by atoms with van der Waals surface area (Å²) in [7, 11) is 0. The molecule has 1 fully saturated rings. The van der Waals surface area contributed by atoms with Crippen LogP contribution in [0.25, 0.3) is 0 Å². The standard InChI is InChI=1S/C15H27N3O/c1-13(2,3)12-17-11(18-19-12)15(16)8-6-7-14(4,5)9-10-15/h6-10,16H2,1-5H3. The van der Waals surface area contributed by atoms with Gasteiger partial charge in [-0.2, -0.15) is 4.98 Å². The van der Waals surface area contributed by atoms with Gasteiger partial charge in [0.15, 0.2) is 5.82 Å². The molecule has 0 spiro atoms. The highest BCUT2D eigenvalue weighted by Gasteiger charge is 2.38. The summed E-state index contributed by atoms with van der Waals surface area (Å²) in [5.41, 5.74) is 6.41. The first-order chi connectivity index (χ1) is 8.62. The number of hydrogen-bond acceptors (Lipinski definition) is 4. The third kappa shape index (κ3) is 3.16. The molecule has 1 unspecified atom stereocenters. The molecule has 4 nitrogen and oxygen atoms in total. The molecule has 4 heteroatoms. The Balaban J connectivity index is 2.22. The molecule has 2 rings (SSSR count). The van der Waals surface area contributed by atoms with Crippen molar-refractivity contribution in [3.05, 3.63) is 11.7 Å². The maximum absolute atomic E-state index is 6.57. The lowest BCUT2D eigenvalue weighted by Gasteiger charge is -2.26. The third-order valence-electron chi connectivity index (χ3n) is 4.24. The van der Waals surface area contributed by atoms with Gasteiger partial charge in [-0.05, 0) is 31.1 Å². The zero-order valence-electron chi connectivity index (χ0n) is 12.9. The van der Waals surface area contributed by atoms with Crippen LogP contribution in [0.5, 0.6) is 0 Å². The normalized spacial score (nSPS) is 28.1. The number of aromatic nitrogens is 2. The second kappa shape index (κ2) is 4.58. The van der Waals surface area contributed by atoms with Gasteiger partial charge in [0.2, 0.25) is 5.89 Å². The van der Waals surface area contributed by atoms with Gasteiger partial charge in [-0.15, -0.1) is 0 Å². The van der Waals surface area contributed by atoms with Crippen LogP contribution in [0.1, 0.15) is 78.4 Å². The smallest absolute Gasteiger partial charge is 0.232 e. The summed E-state index contributed by atoms with van der Waals surface area (Å²) in [6.07, 6.45) is 5.34. The van der Waals surface area contributed by atoms with E-state index in [-0.39, 0.29) is 5.41 Å². The third-order valence-corrected chi connectivity index (χ3v) is 4.24. The van der Waals surface area contributed by atoms with Gasteiger partial charge in [0, 0.05) is 5.41 Å². The molecule has 1 heterocycles. The second-order valence-electron chi connectivity index (χ2n) is 7.85. The molecule has 108 valence electrons. The predicted molar refractivity (Wildman–Crippen MR) is 75.7 cm³/mol. The molecule has 0 aliphatic heterocycles. The topological polar surface area (TPSA) is 64.9 Å². The minimum atomic E-state index is -0.416. The summed E-state index contributed by atoms with van der Waals surface area (Å²) >= 11 is 0. The maximum Gasteiger partial charge on any atom is 0.232 e. The van der Waals surface area contributed by atoms with Gasteiger partial charge in [0.1, 0.15) is 0 Å². The van der Waals surface area contributed by atoms with E-state index in [1.165, 1.54) is 6.42 Å². The minimum absolute atomic E-state index is 0.119. The molecule has 0 bridgehead atoms. The summed E-state index contributed by atoms with van der Waals surface area (Å²) < 4.78 is 5.40. The molecule has 1 aromatic heterocycles. The molecule has 2 N–H and O–H groups in total. The lowest BCUT2D eigenvalue weighted by atomic mass is 9.83.